The van der Waals surface area contributed by atoms with Gasteiger partial charge in [-0.25, -0.2) is 12.4 Å². The van der Waals surface area contributed by atoms with Gasteiger partial charge in [0.25, 0.3) is 20.0 Å². The molecule has 184 valence electrons. The number of hydrogen-bond donors (Lipinski definition) is 0. The molecule has 0 aliphatic heterocycles. The highest BCUT2D eigenvalue weighted by Crippen LogP contribution is 2.33. The molecule has 0 saturated heterocycles. The van der Waals surface area contributed by atoms with Crippen molar-refractivity contribution in [3.63, 3.8) is 0 Å². The summed E-state index contributed by atoms with van der Waals surface area (Å²) >= 11 is 0.907. The van der Waals surface area contributed by atoms with Crippen LogP contribution < -0.4 is 14.3 Å². The van der Waals surface area contributed by atoms with Gasteiger partial charge in [0.05, 0.1) is 24.0 Å². The first-order valence-electron chi connectivity index (χ1n) is 10.6. The Morgan fingerprint density at radius 3 is 1.75 bits per heavy atom. The van der Waals surface area contributed by atoms with Crippen molar-refractivity contribution in [3.8, 4) is 11.5 Å². The van der Waals surface area contributed by atoms with Crippen LogP contribution in [-0.2, 0) is 20.0 Å². The Bertz CT molecular complexity index is 1910. The topological polar surface area (TPSA) is 104 Å². The lowest BCUT2D eigenvalue weighted by Gasteiger charge is -2.12. The molecule has 1 aromatic heterocycles. The minimum absolute atomic E-state index is 0.00560. The average Bonchev–Trinajstić information content (AvgIpc) is 3.35. The molecular formula is C25H20N2O6S3. The van der Waals surface area contributed by atoms with E-state index in [4.69, 9.17) is 9.47 Å². The average molecular weight is 541 g/mol. The number of fused-ring (bicyclic) bond motifs is 2. The molecule has 0 aliphatic rings. The minimum atomic E-state index is -4.28. The van der Waals surface area contributed by atoms with Crippen LogP contribution in [0, 0.1) is 0 Å². The van der Waals surface area contributed by atoms with Crippen molar-refractivity contribution in [3.05, 3.63) is 89.2 Å². The van der Waals surface area contributed by atoms with Crippen LogP contribution >= 0.6 is 11.3 Å². The van der Waals surface area contributed by atoms with Crippen LogP contribution in [0.1, 0.15) is 0 Å². The summed E-state index contributed by atoms with van der Waals surface area (Å²) < 4.78 is 69.8. The SMILES string of the molecule is COc1ccc(S(=O)(=O)N=c2sccn2S(=O)(=O)c2ccc(OC)c3ccccc23)c2ccccc12. The summed E-state index contributed by atoms with van der Waals surface area (Å²) in [5, 5.41) is 3.57. The molecule has 0 unspecified atom stereocenters. The lowest BCUT2D eigenvalue weighted by molar-refractivity contribution is 0.419. The number of aromatic nitrogens is 1. The van der Waals surface area contributed by atoms with Gasteiger partial charge < -0.3 is 9.47 Å². The third-order valence-electron chi connectivity index (χ3n) is 5.70. The van der Waals surface area contributed by atoms with Crippen molar-refractivity contribution in [2.75, 3.05) is 14.2 Å². The second-order valence-corrected chi connectivity index (χ2v) is 11.9. The molecule has 1 heterocycles. The van der Waals surface area contributed by atoms with Crippen LogP contribution in [0.15, 0.2) is 98.6 Å². The second-order valence-electron chi connectivity index (χ2n) is 7.68. The maximum atomic E-state index is 13.7. The van der Waals surface area contributed by atoms with Gasteiger partial charge in [-0.3, -0.25) is 0 Å². The van der Waals surface area contributed by atoms with Crippen LogP contribution in [0.3, 0.4) is 0 Å². The van der Waals surface area contributed by atoms with Gasteiger partial charge in [-0.1, -0.05) is 48.5 Å². The summed E-state index contributed by atoms with van der Waals surface area (Å²) in [7, 11) is -5.46. The third kappa shape index (κ3) is 3.94. The van der Waals surface area contributed by atoms with E-state index in [0.717, 1.165) is 15.3 Å². The zero-order valence-electron chi connectivity index (χ0n) is 19.2. The smallest absolute Gasteiger partial charge is 0.285 e. The van der Waals surface area contributed by atoms with Gasteiger partial charge in [0.1, 0.15) is 11.5 Å². The normalized spacial score (nSPS) is 12.8. The van der Waals surface area contributed by atoms with Crippen molar-refractivity contribution in [2.24, 2.45) is 4.40 Å². The Kier molecular flexibility index (Phi) is 6.07. The van der Waals surface area contributed by atoms with Crippen LogP contribution in [0.2, 0.25) is 0 Å². The number of thiazole rings is 1. The highest BCUT2D eigenvalue weighted by atomic mass is 32.2. The summed E-state index contributed by atoms with van der Waals surface area (Å²) in [5.74, 6) is 1.04. The maximum absolute atomic E-state index is 13.7. The van der Waals surface area contributed by atoms with Gasteiger partial charge in [0, 0.05) is 33.1 Å². The highest BCUT2D eigenvalue weighted by Gasteiger charge is 2.24. The Labute approximate surface area is 211 Å². The number of benzene rings is 4. The lowest BCUT2D eigenvalue weighted by Crippen LogP contribution is -2.24. The Hall–Kier alpha value is -3.67. The van der Waals surface area contributed by atoms with Crippen LogP contribution in [0.4, 0.5) is 0 Å². The monoisotopic (exact) mass is 540 g/mol. The molecule has 0 amide bonds. The number of rotatable bonds is 6. The molecule has 0 fully saturated rings. The van der Waals surface area contributed by atoms with E-state index in [1.165, 1.54) is 37.9 Å². The molecule has 0 aliphatic carbocycles. The summed E-state index contributed by atoms with van der Waals surface area (Å²) in [4.78, 5) is -0.244. The molecule has 5 rings (SSSR count). The third-order valence-corrected chi connectivity index (χ3v) is 9.74. The quantitative estimate of drug-likeness (QED) is 0.316. The van der Waals surface area contributed by atoms with Gasteiger partial charge in [0.15, 0.2) is 0 Å². The second kappa shape index (κ2) is 9.08. The molecule has 36 heavy (non-hydrogen) atoms. The van der Waals surface area contributed by atoms with Gasteiger partial charge in [-0.15, -0.1) is 15.7 Å². The summed E-state index contributed by atoms with van der Waals surface area (Å²) in [6, 6.07) is 19.8. The van der Waals surface area contributed by atoms with Crippen molar-refractivity contribution in [1.29, 1.82) is 0 Å². The number of hydrogen-bond acceptors (Lipinski definition) is 7. The summed E-state index contributed by atoms with van der Waals surface area (Å²) in [6.07, 6.45) is 1.29. The maximum Gasteiger partial charge on any atom is 0.285 e. The Morgan fingerprint density at radius 1 is 0.694 bits per heavy atom. The Morgan fingerprint density at radius 2 is 1.19 bits per heavy atom. The van der Waals surface area contributed by atoms with Gasteiger partial charge in [-0.05, 0) is 24.3 Å². The van der Waals surface area contributed by atoms with E-state index in [9.17, 15) is 16.8 Å². The molecule has 5 aromatic rings. The number of ether oxygens (including phenoxy) is 2. The summed E-state index contributed by atoms with van der Waals surface area (Å²) in [6.45, 7) is 0. The summed E-state index contributed by atoms with van der Waals surface area (Å²) in [5.41, 5.74) is 0. The van der Waals surface area contributed by atoms with Gasteiger partial charge in [-0.2, -0.15) is 8.42 Å². The van der Waals surface area contributed by atoms with E-state index in [1.54, 1.807) is 60.7 Å². The predicted octanol–water partition coefficient (Wildman–Crippen LogP) is 4.40. The molecule has 0 N–H and O–H groups in total. The van der Waals surface area contributed by atoms with Crippen molar-refractivity contribution < 1.29 is 26.3 Å². The predicted molar refractivity (Wildman–Crippen MR) is 139 cm³/mol. The van der Waals surface area contributed by atoms with E-state index < -0.39 is 20.0 Å². The van der Waals surface area contributed by atoms with Crippen molar-refractivity contribution in [1.82, 2.24) is 3.97 Å². The fraction of sp³-hybridized carbons (Fsp3) is 0.0800. The van der Waals surface area contributed by atoms with E-state index >= 15 is 0 Å². The van der Waals surface area contributed by atoms with Crippen molar-refractivity contribution in [2.45, 2.75) is 9.79 Å². The lowest BCUT2D eigenvalue weighted by atomic mass is 10.1. The highest BCUT2D eigenvalue weighted by molar-refractivity contribution is 7.91. The van der Waals surface area contributed by atoms with Crippen molar-refractivity contribution >= 4 is 52.9 Å². The molecule has 0 spiro atoms. The van der Waals surface area contributed by atoms with E-state index in [-0.39, 0.29) is 14.6 Å². The number of nitrogens with zero attached hydrogens (tertiary/aromatic N) is 2. The fourth-order valence-corrected chi connectivity index (χ4v) is 8.01. The van der Waals surface area contributed by atoms with Crippen LogP contribution in [-0.4, -0.2) is 35.0 Å². The molecule has 4 aromatic carbocycles. The molecule has 8 nitrogen and oxygen atoms in total. The minimum Gasteiger partial charge on any atom is -0.496 e. The molecule has 0 saturated carbocycles. The molecule has 0 atom stereocenters. The van der Waals surface area contributed by atoms with E-state index in [2.05, 4.69) is 4.40 Å². The Balaban J connectivity index is 1.70. The first kappa shape index (κ1) is 24.0. The first-order chi connectivity index (χ1) is 17.3. The fourth-order valence-electron chi connectivity index (χ4n) is 4.06. The van der Waals surface area contributed by atoms with Crippen LogP contribution in [0.25, 0.3) is 21.5 Å². The first-order valence-corrected chi connectivity index (χ1v) is 14.4. The molecular weight excluding hydrogens is 520 g/mol. The number of methoxy groups -OCH3 is 2. The van der Waals surface area contributed by atoms with Gasteiger partial charge in [0.2, 0.25) is 4.80 Å². The zero-order chi connectivity index (χ0) is 25.5. The largest absolute Gasteiger partial charge is 0.496 e. The zero-order valence-corrected chi connectivity index (χ0v) is 21.6. The molecule has 11 heteroatoms. The van der Waals surface area contributed by atoms with Crippen LogP contribution in [0.5, 0.6) is 11.5 Å². The van der Waals surface area contributed by atoms with E-state index in [0.29, 0.717) is 33.0 Å². The standard InChI is InChI=1S/C25H20N2O6S3/c1-32-21-11-13-23(19-9-5-3-7-17(19)21)35(28,29)26-25-27(15-16-34-25)36(30,31)24-14-12-22(33-2)18-8-4-6-10-20(18)24/h3-16H,1-2H3. The molecule has 0 radical (unpaired) electrons. The number of sulfonamides is 1. The van der Waals surface area contributed by atoms with E-state index in [1.807, 2.05) is 0 Å². The van der Waals surface area contributed by atoms with Gasteiger partial charge >= 0.3 is 0 Å². The molecule has 0 bridgehead atoms.